The highest BCUT2D eigenvalue weighted by molar-refractivity contribution is 7.16. The molecule has 0 aliphatic heterocycles. The van der Waals surface area contributed by atoms with Gasteiger partial charge >= 0.3 is 0 Å². The summed E-state index contributed by atoms with van der Waals surface area (Å²) >= 11 is 7.51. The summed E-state index contributed by atoms with van der Waals surface area (Å²) in [7, 11) is 0. The van der Waals surface area contributed by atoms with Crippen LogP contribution in [0.3, 0.4) is 0 Å². The topological polar surface area (TPSA) is 70.6 Å². The number of hydrogen-bond donors (Lipinski definition) is 3. The molecule has 100 valence electrons. The number of halogens is 1. The van der Waals surface area contributed by atoms with Gasteiger partial charge in [-0.15, -0.1) is 11.3 Å². The monoisotopic (exact) mass is 287 g/mol. The first-order chi connectivity index (χ1) is 8.63. The molecule has 1 heterocycles. The van der Waals surface area contributed by atoms with Gasteiger partial charge in [-0.1, -0.05) is 16.8 Å². The van der Waals surface area contributed by atoms with Gasteiger partial charge in [0.1, 0.15) is 5.84 Å². The predicted molar refractivity (Wildman–Crippen MR) is 75.6 cm³/mol. The molecule has 1 saturated carbocycles. The van der Waals surface area contributed by atoms with Crippen LogP contribution in [0.25, 0.3) is 0 Å². The molecule has 0 unspecified atom stereocenters. The molecule has 0 bridgehead atoms. The van der Waals surface area contributed by atoms with E-state index in [1.165, 1.54) is 4.88 Å². The number of rotatable bonds is 7. The van der Waals surface area contributed by atoms with E-state index < -0.39 is 0 Å². The largest absolute Gasteiger partial charge is 0.409 e. The Kier molecular flexibility index (Phi) is 4.48. The van der Waals surface area contributed by atoms with Crippen LogP contribution >= 0.6 is 22.9 Å². The molecule has 4 N–H and O–H groups in total. The molecule has 1 aromatic rings. The molecular weight excluding hydrogens is 270 g/mol. The van der Waals surface area contributed by atoms with E-state index >= 15 is 0 Å². The Morgan fingerprint density at radius 2 is 2.33 bits per heavy atom. The highest BCUT2D eigenvalue weighted by Crippen LogP contribution is 2.48. The number of nitrogens with one attached hydrogen (secondary N) is 1. The second-order valence-electron chi connectivity index (χ2n) is 4.90. The second-order valence-corrected chi connectivity index (χ2v) is 6.70. The molecule has 0 atom stereocenters. The van der Waals surface area contributed by atoms with Crippen LogP contribution in [-0.4, -0.2) is 24.1 Å². The van der Waals surface area contributed by atoms with Gasteiger partial charge < -0.3 is 16.3 Å². The summed E-state index contributed by atoms with van der Waals surface area (Å²) in [5, 5.41) is 15.1. The van der Waals surface area contributed by atoms with Crippen molar-refractivity contribution in [3.63, 3.8) is 0 Å². The molecule has 1 aliphatic rings. The maximum absolute atomic E-state index is 8.58. The molecule has 1 fully saturated rings. The van der Waals surface area contributed by atoms with Gasteiger partial charge in [0.2, 0.25) is 0 Å². The van der Waals surface area contributed by atoms with E-state index in [1.807, 2.05) is 6.07 Å². The average Bonchev–Trinajstić information content (AvgIpc) is 2.98. The molecular formula is C12H18ClN3OS. The first-order valence-corrected chi connectivity index (χ1v) is 7.24. The lowest BCUT2D eigenvalue weighted by atomic mass is 10.0. The van der Waals surface area contributed by atoms with Crippen molar-refractivity contribution in [2.75, 3.05) is 13.1 Å². The van der Waals surface area contributed by atoms with Crippen LogP contribution in [0.4, 0.5) is 0 Å². The van der Waals surface area contributed by atoms with E-state index in [9.17, 15) is 0 Å². The summed E-state index contributed by atoms with van der Waals surface area (Å²) < 4.78 is 0.843. The Balaban J connectivity index is 1.66. The van der Waals surface area contributed by atoms with E-state index in [2.05, 4.69) is 16.5 Å². The van der Waals surface area contributed by atoms with Crippen molar-refractivity contribution in [3.05, 3.63) is 21.3 Å². The fourth-order valence-corrected chi connectivity index (χ4v) is 3.15. The number of nitrogens with zero attached hydrogens (tertiary/aromatic N) is 1. The third-order valence-corrected chi connectivity index (χ3v) is 4.61. The Labute approximate surface area is 116 Å². The molecule has 1 aromatic heterocycles. The van der Waals surface area contributed by atoms with Crippen molar-refractivity contribution in [1.29, 1.82) is 0 Å². The SMILES string of the molecule is N/C(CC1(CNCCc2ccc(Cl)s2)CC1)=N/O. The highest BCUT2D eigenvalue weighted by Gasteiger charge is 2.42. The van der Waals surface area contributed by atoms with Crippen LogP contribution in [0.1, 0.15) is 24.1 Å². The Morgan fingerprint density at radius 1 is 1.56 bits per heavy atom. The standard InChI is InChI=1S/C12H18ClN3OS/c13-10-2-1-9(18-10)3-6-15-8-12(4-5-12)7-11(14)16-17/h1-2,15,17H,3-8H2,(H2,14,16). The van der Waals surface area contributed by atoms with Gasteiger partial charge in [-0.3, -0.25) is 0 Å². The fraction of sp³-hybridized carbons (Fsp3) is 0.583. The molecule has 0 radical (unpaired) electrons. The van der Waals surface area contributed by atoms with Crippen LogP contribution in [0.15, 0.2) is 17.3 Å². The van der Waals surface area contributed by atoms with Gasteiger partial charge in [0.05, 0.1) is 4.34 Å². The first-order valence-electron chi connectivity index (χ1n) is 6.05. The van der Waals surface area contributed by atoms with Gasteiger partial charge in [0, 0.05) is 17.8 Å². The number of amidine groups is 1. The molecule has 0 aromatic carbocycles. The third kappa shape index (κ3) is 3.86. The van der Waals surface area contributed by atoms with Crippen molar-refractivity contribution < 1.29 is 5.21 Å². The summed E-state index contributed by atoms with van der Waals surface area (Å²) in [6.45, 7) is 1.87. The number of hydrogen-bond acceptors (Lipinski definition) is 4. The zero-order valence-corrected chi connectivity index (χ0v) is 11.7. The number of nitrogens with two attached hydrogens (primary N) is 1. The normalized spacial score (nSPS) is 17.9. The van der Waals surface area contributed by atoms with Crippen molar-refractivity contribution in [2.45, 2.75) is 25.7 Å². The lowest BCUT2D eigenvalue weighted by Gasteiger charge is -2.14. The Hall–Kier alpha value is -0.780. The van der Waals surface area contributed by atoms with E-state index in [0.717, 1.165) is 36.7 Å². The molecule has 0 spiro atoms. The van der Waals surface area contributed by atoms with Crippen LogP contribution in [-0.2, 0) is 6.42 Å². The van der Waals surface area contributed by atoms with Crippen LogP contribution in [0, 0.1) is 5.41 Å². The van der Waals surface area contributed by atoms with Crippen molar-refractivity contribution in [2.24, 2.45) is 16.3 Å². The molecule has 1 aliphatic carbocycles. The maximum Gasteiger partial charge on any atom is 0.139 e. The van der Waals surface area contributed by atoms with Gasteiger partial charge in [-0.05, 0) is 43.4 Å². The van der Waals surface area contributed by atoms with E-state index in [4.69, 9.17) is 22.5 Å². The minimum absolute atomic E-state index is 0.226. The van der Waals surface area contributed by atoms with Crippen molar-refractivity contribution in [3.8, 4) is 0 Å². The molecule has 18 heavy (non-hydrogen) atoms. The van der Waals surface area contributed by atoms with Crippen LogP contribution < -0.4 is 11.1 Å². The van der Waals surface area contributed by atoms with Gasteiger partial charge in [-0.2, -0.15) is 0 Å². The summed E-state index contributed by atoms with van der Waals surface area (Å²) in [5.74, 6) is 0.333. The lowest BCUT2D eigenvalue weighted by molar-refractivity contribution is 0.314. The molecule has 0 amide bonds. The number of thiophene rings is 1. The quantitative estimate of drug-likeness (QED) is 0.237. The lowest BCUT2D eigenvalue weighted by Crippen LogP contribution is -2.29. The minimum atomic E-state index is 0.226. The second kappa shape index (κ2) is 5.91. The van der Waals surface area contributed by atoms with E-state index in [0.29, 0.717) is 12.3 Å². The molecule has 0 saturated heterocycles. The zero-order valence-electron chi connectivity index (χ0n) is 10.2. The third-order valence-electron chi connectivity index (χ3n) is 3.32. The van der Waals surface area contributed by atoms with E-state index in [1.54, 1.807) is 11.3 Å². The van der Waals surface area contributed by atoms with Gasteiger partial charge in [0.25, 0.3) is 0 Å². The smallest absolute Gasteiger partial charge is 0.139 e. The van der Waals surface area contributed by atoms with Crippen molar-refractivity contribution >= 4 is 28.8 Å². The number of oxime groups is 1. The molecule has 4 nitrogen and oxygen atoms in total. The molecule has 2 rings (SSSR count). The predicted octanol–water partition coefficient (Wildman–Crippen LogP) is 2.45. The maximum atomic E-state index is 8.58. The van der Waals surface area contributed by atoms with Crippen LogP contribution in [0.5, 0.6) is 0 Å². The highest BCUT2D eigenvalue weighted by atomic mass is 35.5. The Morgan fingerprint density at radius 3 is 2.89 bits per heavy atom. The first kappa shape index (κ1) is 13.6. The molecule has 6 heteroatoms. The summed E-state index contributed by atoms with van der Waals surface area (Å²) in [6, 6.07) is 4.00. The fourth-order valence-electron chi connectivity index (χ4n) is 2.06. The zero-order chi connectivity index (χ0) is 13.0. The summed E-state index contributed by atoms with van der Waals surface area (Å²) in [4.78, 5) is 1.30. The van der Waals surface area contributed by atoms with Gasteiger partial charge in [-0.25, -0.2) is 0 Å². The van der Waals surface area contributed by atoms with Gasteiger partial charge in [0.15, 0.2) is 0 Å². The Bertz CT molecular complexity index is 429. The minimum Gasteiger partial charge on any atom is -0.409 e. The van der Waals surface area contributed by atoms with E-state index in [-0.39, 0.29) is 5.41 Å². The summed E-state index contributed by atoms with van der Waals surface area (Å²) in [6.07, 6.45) is 3.99. The van der Waals surface area contributed by atoms with Crippen LogP contribution in [0.2, 0.25) is 4.34 Å². The average molecular weight is 288 g/mol. The summed E-state index contributed by atoms with van der Waals surface area (Å²) in [5.41, 5.74) is 5.78. The van der Waals surface area contributed by atoms with Crippen molar-refractivity contribution in [1.82, 2.24) is 5.32 Å².